The van der Waals surface area contributed by atoms with Gasteiger partial charge in [-0.3, -0.25) is 9.59 Å². The molecule has 3 aromatic carbocycles. The zero-order valence-corrected chi connectivity index (χ0v) is 16.9. The van der Waals surface area contributed by atoms with Crippen molar-refractivity contribution in [2.24, 2.45) is 0 Å². The number of halogens is 1. The second-order valence-electron chi connectivity index (χ2n) is 6.58. The SMILES string of the molecule is Cc1cccc(C(=O)Nc2cccc(SC(C)C(=O)Nc3ccccc3F)c2)c1. The number of nitrogens with one attached hydrogen (secondary N) is 2. The third-order valence-electron chi connectivity index (χ3n) is 4.19. The van der Waals surface area contributed by atoms with E-state index in [2.05, 4.69) is 10.6 Å². The van der Waals surface area contributed by atoms with Crippen molar-refractivity contribution in [3.63, 3.8) is 0 Å². The van der Waals surface area contributed by atoms with Gasteiger partial charge in [0.05, 0.1) is 10.9 Å². The van der Waals surface area contributed by atoms with Crippen LogP contribution >= 0.6 is 11.8 Å². The van der Waals surface area contributed by atoms with E-state index < -0.39 is 11.1 Å². The smallest absolute Gasteiger partial charge is 0.255 e. The summed E-state index contributed by atoms with van der Waals surface area (Å²) in [7, 11) is 0. The van der Waals surface area contributed by atoms with Crippen LogP contribution in [0.5, 0.6) is 0 Å². The maximum atomic E-state index is 13.7. The fourth-order valence-electron chi connectivity index (χ4n) is 2.69. The highest BCUT2D eigenvalue weighted by Crippen LogP contribution is 2.27. The van der Waals surface area contributed by atoms with Gasteiger partial charge in [-0.05, 0) is 56.3 Å². The molecule has 4 nitrogen and oxygen atoms in total. The van der Waals surface area contributed by atoms with Crippen LogP contribution in [0.3, 0.4) is 0 Å². The molecule has 2 amide bonds. The first-order valence-corrected chi connectivity index (χ1v) is 10.0. The molecule has 0 aliphatic carbocycles. The van der Waals surface area contributed by atoms with Gasteiger partial charge in [0.1, 0.15) is 5.82 Å². The molecule has 0 aliphatic heterocycles. The summed E-state index contributed by atoms with van der Waals surface area (Å²) in [5.74, 6) is -0.964. The van der Waals surface area contributed by atoms with Gasteiger partial charge < -0.3 is 10.6 Å². The van der Waals surface area contributed by atoms with Crippen LogP contribution < -0.4 is 10.6 Å². The van der Waals surface area contributed by atoms with Gasteiger partial charge >= 0.3 is 0 Å². The Bertz CT molecular complexity index is 1040. The largest absolute Gasteiger partial charge is 0.323 e. The van der Waals surface area contributed by atoms with E-state index in [-0.39, 0.29) is 17.5 Å². The van der Waals surface area contributed by atoms with E-state index in [0.29, 0.717) is 11.3 Å². The fourth-order valence-corrected chi connectivity index (χ4v) is 3.62. The molecular weight excluding hydrogens is 387 g/mol. The molecule has 1 atom stereocenters. The van der Waals surface area contributed by atoms with Crippen LogP contribution in [0.25, 0.3) is 0 Å². The van der Waals surface area contributed by atoms with Crippen LogP contribution in [0.1, 0.15) is 22.8 Å². The molecule has 148 valence electrons. The minimum absolute atomic E-state index is 0.157. The van der Waals surface area contributed by atoms with Crippen LogP contribution in [-0.4, -0.2) is 17.1 Å². The first-order chi connectivity index (χ1) is 13.9. The predicted molar refractivity (Wildman–Crippen MR) is 116 cm³/mol. The fraction of sp³-hybridized carbons (Fsp3) is 0.130. The lowest BCUT2D eigenvalue weighted by Gasteiger charge is -2.13. The molecule has 3 aromatic rings. The van der Waals surface area contributed by atoms with Crippen LogP contribution in [0.2, 0.25) is 0 Å². The number of hydrogen-bond acceptors (Lipinski definition) is 3. The molecule has 1 unspecified atom stereocenters. The maximum Gasteiger partial charge on any atom is 0.255 e. The summed E-state index contributed by atoms with van der Waals surface area (Å²) >= 11 is 1.33. The Balaban J connectivity index is 1.64. The van der Waals surface area contributed by atoms with Crippen molar-refractivity contribution < 1.29 is 14.0 Å². The molecule has 3 rings (SSSR count). The minimum atomic E-state index is -0.473. The first-order valence-electron chi connectivity index (χ1n) is 9.12. The van der Waals surface area contributed by atoms with E-state index in [1.165, 1.54) is 23.9 Å². The van der Waals surface area contributed by atoms with Crippen molar-refractivity contribution in [2.75, 3.05) is 10.6 Å². The topological polar surface area (TPSA) is 58.2 Å². The Morgan fingerprint density at radius 1 is 0.931 bits per heavy atom. The number of thioether (sulfide) groups is 1. The summed E-state index contributed by atoms with van der Waals surface area (Å²) in [6.07, 6.45) is 0. The highest BCUT2D eigenvalue weighted by atomic mass is 32.2. The van der Waals surface area contributed by atoms with E-state index in [1.807, 2.05) is 43.3 Å². The number of anilines is 2. The van der Waals surface area contributed by atoms with E-state index in [1.54, 1.807) is 31.2 Å². The van der Waals surface area contributed by atoms with Crippen molar-refractivity contribution in [2.45, 2.75) is 24.0 Å². The van der Waals surface area contributed by atoms with Crippen molar-refractivity contribution in [3.05, 3.63) is 89.7 Å². The normalized spacial score (nSPS) is 11.6. The molecular formula is C23H21FN2O2S. The summed E-state index contributed by atoms with van der Waals surface area (Å²) < 4.78 is 13.7. The quantitative estimate of drug-likeness (QED) is 0.529. The van der Waals surface area contributed by atoms with Gasteiger partial charge in [0, 0.05) is 16.1 Å². The predicted octanol–water partition coefficient (Wildman–Crippen LogP) is 5.51. The van der Waals surface area contributed by atoms with E-state index in [4.69, 9.17) is 0 Å². The third-order valence-corrected chi connectivity index (χ3v) is 5.28. The summed E-state index contributed by atoms with van der Waals surface area (Å²) in [6, 6.07) is 20.7. The monoisotopic (exact) mass is 408 g/mol. The molecule has 0 spiro atoms. The molecule has 0 bridgehead atoms. The molecule has 2 N–H and O–H groups in total. The number of rotatable bonds is 6. The summed E-state index contributed by atoms with van der Waals surface area (Å²) in [5.41, 5.74) is 2.39. The zero-order chi connectivity index (χ0) is 20.8. The highest BCUT2D eigenvalue weighted by Gasteiger charge is 2.16. The van der Waals surface area contributed by atoms with Crippen LogP contribution in [-0.2, 0) is 4.79 Å². The van der Waals surface area contributed by atoms with Crippen molar-refractivity contribution in [1.82, 2.24) is 0 Å². The maximum absolute atomic E-state index is 13.7. The molecule has 0 aromatic heterocycles. The number of carbonyl (C=O) groups is 2. The van der Waals surface area contributed by atoms with Crippen molar-refractivity contribution in [3.8, 4) is 0 Å². The Labute approximate surface area is 173 Å². The lowest BCUT2D eigenvalue weighted by Crippen LogP contribution is -2.22. The second-order valence-corrected chi connectivity index (χ2v) is 7.99. The van der Waals surface area contributed by atoms with Gasteiger partial charge in [0.15, 0.2) is 0 Å². The minimum Gasteiger partial charge on any atom is -0.323 e. The molecule has 6 heteroatoms. The van der Waals surface area contributed by atoms with Gasteiger partial charge in [-0.1, -0.05) is 35.9 Å². The first kappa shape index (κ1) is 20.6. The number of carbonyl (C=O) groups excluding carboxylic acids is 2. The molecule has 0 radical (unpaired) electrons. The summed E-state index contributed by atoms with van der Waals surface area (Å²) in [6.45, 7) is 3.68. The molecule has 0 saturated heterocycles. The number of amides is 2. The Morgan fingerprint density at radius 3 is 2.45 bits per heavy atom. The van der Waals surface area contributed by atoms with Gasteiger partial charge in [-0.25, -0.2) is 4.39 Å². The highest BCUT2D eigenvalue weighted by molar-refractivity contribution is 8.00. The average molecular weight is 408 g/mol. The van der Waals surface area contributed by atoms with Crippen LogP contribution in [0, 0.1) is 12.7 Å². The summed E-state index contributed by atoms with van der Waals surface area (Å²) in [5, 5.41) is 5.03. The molecule has 0 saturated carbocycles. The van der Waals surface area contributed by atoms with Gasteiger partial charge in [0.2, 0.25) is 5.91 Å². The van der Waals surface area contributed by atoms with Crippen LogP contribution in [0.15, 0.2) is 77.7 Å². The van der Waals surface area contributed by atoms with Crippen LogP contribution in [0.4, 0.5) is 15.8 Å². The van der Waals surface area contributed by atoms with E-state index >= 15 is 0 Å². The molecule has 29 heavy (non-hydrogen) atoms. The van der Waals surface area contributed by atoms with Gasteiger partial charge in [-0.2, -0.15) is 0 Å². The van der Waals surface area contributed by atoms with Crippen molar-refractivity contribution >= 4 is 35.0 Å². The zero-order valence-electron chi connectivity index (χ0n) is 16.1. The number of hydrogen-bond donors (Lipinski definition) is 2. The Hall–Kier alpha value is -3.12. The summed E-state index contributed by atoms with van der Waals surface area (Å²) in [4.78, 5) is 25.6. The lowest BCUT2D eigenvalue weighted by molar-refractivity contribution is -0.115. The third kappa shape index (κ3) is 5.68. The number of para-hydroxylation sites is 1. The van der Waals surface area contributed by atoms with Gasteiger partial charge in [0.25, 0.3) is 5.91 Å². The van der Waals surface area contributed by atoms with E-state index in [9.17, 15) is 14.0 Å². The van der Waals surface area contributed by atoms with Crippen molar-refractivity contribution in [1.29, 1.82) is 0 Å². The Kier molecular flexibility index (Phi) is 6.67. The Morgan fingerprint density at radius 2 is 1.69 bits per heavy atom. The average Bonchev–Trinajstić information content (AvgIpc) is 2.70. The molecule has 0 heterocycles. The molecule has 0 fully saturated rings. The van der Waals surface area contributed by atoms with E-state index in [0.717, 1.165) is 10.5 Å². The second kappa shape index (κ2) is 9.39. The van der Waals surface area contributed by atoms with Gasteiger partial charge in [-0.15, -0.1) is 11.8 Å². The number of benzene rings is 3. The molecule has 0 aliphatic rings. The lowest BCUT2D eigenvalue weighted by atomic mass is 10.1. The standard InChI is InChI=1S/C23H21FN2O2S/c1-15-7-5-8-17(13-15)23(28)25-18-9-6-10-19(14-18)29-16(2)22(27)26-21-12-4-3-11-20(21)24/h3-14,16H,1-2H3,(H,25,28)(H,26,27). The number of aryl methyl sites for hydroxylation is 1.